The fraction of sp³-hybridized carbons (Fsp3) is 0.500. The summed E-state index contributed by atoms with van der Waals surface area (Å²) < 4.78 is 13.0. The molecule has 0 aromatic heterocycles. The minimum atomic E-state index is -0.479. The molecule has 1 amide bonds. The lowest BCUT2D eigenvalue weighted by atomic mass is 10.1. The molecular formula is C14H22FN3O. The average molecular weight is 267 g/mol. The van der Waals surface area contributed by atoms with E-state index in [-0.39, 0.29) is 11.6 Å². The largest absolute Gasteiger partial charge is 0.396 e. The maximum absolute atomic E-state index is 13.0. The van der Waals surface area contributed by atoms with Gasteiger partial charge in [0.1, 0.15) is 5.82 Å². The van der Waals surface area contributed by atoms with Crippen LogP contribution in [0.2, 0.25) is 0 Å². The van der Waals surface area contributed by atoms with Crippen molar-refractivity contribution in [1.82, 2.24) is 4.90 Å². The predicted octanol–water partition coefficient (Wildman–Crippen LogP) is 2.47. The van der Waals surface area contributed by atoms with Crippen LogP contribution in [0.25, 0.3) is 0 Å². The number of nitrogens with one attached hydrogen (secondary N) is 1. The lowest BCUT2D eigenvalue weighted by Gasteiger charge is -2.25. The lowest BCUT2D eigenvalue weighted by molar-refractivity contribution is -0.117. The van der Waals surface area contributed by atoms with Gasteiger partial charge in [0.05, 0.1) is 12.2 Å². The highest BCUT2D eigenvalue weighted by Gasteiger charge is 2.14. The maximum atomic E-state index is 13.0. The van der Waals surface area contributed by atoms with Crippen LogP contribution in [0.4, 0.5) is 15.8 Å². The summed E-state index contributed by atoms with van der Waals surface area (Å²) in [6.07, 6.45) is 2.01. The van der Waals surface area contributed by atoms with E-state index in [0.29, 0.717) is 18.3 Å². The van der Waals surface area contributed by atoms with Crippen LogP contribution < -0.4 is 11.1 Å². The van der Waals surface area contributed by atoms with Gasteiger partial charge in [0.25, 0.3) is 0 Å². The minimum Gasteiger partial charge on any atom is -0.396 e. The van der Waals surface area contributed by atoms with Crippen LogP contribution in [0.3, 0.4) is 0 Å². The van der Waals surface area contributed by atoms with Crippen LogP contribution >= 0.6 is 0 Å². The fourth-order valence-corrected chi connectivity index (χ4v) is 2.09. The fourth-order valence-electron chi connectivity index (χ4n) is 2.09. The molecule has 0 saturated carbocycles. The highest BCUT2D eigenvalue weighted by molar-refractivity contribution is 5.92. The molecule has 0 unspecified atom stereocenters. The zero-order chi connectivity index (χ0) is 14.4. The first-order valence-electron chi connectivity index (χ1n) is 6.53. The summed E-state index contributed by atoms with van der Waals surface area (Å²) in [5.41, 5.74) is 6.00. The van der Waals surface area contributed by atoms with Gasteiger partial charge in [0, 0.05) is 11.7 Å². The monoisotopic (exact) mass is 267 g/mol. The minimum absolute atomic E-state index is 0.0335. The molecule has 0 heterocycles. The predicted molar refractivity (Wildman–Crippen MR) is 76.4 cm³/mol. The van der Waals surface area contributed by atoms with E-state index in [0.717, 1.165) is 12.8 Å². The molecule has 0 aliphatic carbocycles. The van der Waals surface area contributed by atoms with E-state index in [1.807, 2.05) is 11.9 Å². The van der Waals surface area contributed by atoms with E-state index in [4.69, 9.17) is 5.73 Å². The van der Waals surface area contributed by atoms with Crippen molar-refractivity contribution >= 4 is 17.3 Å². The molecule has 0 atom stereocenters. The molecule has 1 aromatic carbocycles. The van der Waals surface area contributed by atoms with Crippen molar-refractivity contribution in [3.63, 3.8) is 0 Å². The molecule has 1 rings (SSSR count). The zero-order valence-electron chi connectivity index (χ0n) is 11.7. The highest BCUT2D eigenvalue weighted by atomic mass is 19.1. The molecule has 0 aliphatic heterocycles. The third-order valence-corrected chi connectivity index (χ3v) is 3.24. The van der Waals surface area contributed by atoms with Crippen LogP contribution in [-0.2, 0) is 4.79 Å². The SMILES string of the molecule is CCC(CC)N(C)CC(=O)Nc1ccc(F)c(N)c1. The standard InChI is InChI=1S/C14H22FN3O/c1-4-11(5-2)18(3)9-14(19)17-10-6-7-12(15)13(16)8-10/h6-8,11H,4-5,9,16H2,1-3H3,(H,17,19). The van der Waals surface area contributed by atoms with Gasteiger partial charge in [-0.2, -0.15) is 0 Å². The Morgan fingerprint density at radius 1 is 1.42 bits per heavy atom. The van der Waals surface area contributed by atoms with Crippen molar-refractivity contribution in [3.8, 4) is 0 Å². The Hall–Kier alpha value is -1.62. The van der Waals surface area contributed by atoms with Crippen molar-refractivity contribution in [2.75, 3.05) is 24.6 Å². The van der Waals surface area contributed by atoms with Gasteiger partial charge in [-0.05, 0) is 38.1 Å². The number of amides is 1. The molecule has 19 heavy (non-hydrogen) atoms. The third kappa shape index (κ3) is 4.52. The second-order valence-corrected chi connectivity index (χ2v) is 4.67. The Labute approximate surface area is 113 Å². The van der Waals surface area contributed by atoms with Gasteiger partial charge in [-0.3, -0.25) is 9.69 Å². The number of carbonyl (C=O) groups excluding carboxylic acids is 1. The number of carbonyl (C=O) groups is 1. The summed E-state index contributed by atoms with van der Waals surface area (Å²) >= 11 is 0. The van der Waals surface area contributed by atoms with Crippen LogP contribution in [0.15, 0.2) is 18.2 Å². The number of nitrogen functional groups attached to an aromatic ring is 1. The van der Waals surface area contributed by atoms with Gasteiger partial charge in [0.15, 0.2) is 0 Å². The molecule has 0 saturated heterocycles. The summed E-state index contributed by atoms with van der Waals surface area (Å²) in [6.45, 7) is 4.51. The molecular weight excluding hydrogens is 245 g/mol. The van der Waals surface area contributed by atoms with Crippen LogP contribution in [0.1, 0.15) is 26.7 Å². The van der Waals surface area contributed by atoms with E-state index < -0.39 is 5.82 Å². The highest BCUT2D eigenvalue weighted by Crippen LogP contribution is 2.16. The first kappa shape index (κ1) is 15.4. The van der Waals surface area contributed by atoms with E-state index >= 15 is 0 Å². The molecule has 0 radical (unpaired) electrons. The van der Waals surface area contributed by atoms with Gasteiger partial charge >= 0.3 is 0 Å². The molecule has 5 heteroatoms. The van der Waals surface area contributed by atoms with E-state index in [1.54, 1.807) is 0 Å². The number of rotatable bonds is 6. The Kier molecular flexibility index (Phi) is 5.76. The number of benzene rings is 1. The van der Waals surface area contributed by atoms with Crippen LogP contribution in [-0.4, -0.2) is 30.4 Å². The molecule has 1 aromatic rings. The maximum Gasteiger partial charge on any atom is 0.238 e. The summed E-state index contributed by atoms with van der Waals surface area (Å²) in [7, 11) is 1.93. The van der Waals surface area contributed by atoms with Gasteiger partial charge < -0.3 is 11.1 Å². The van der Waals surface area contributed by atoms with E-state index in [9.17, 15) is 9.18 Å². The van der Waals surface area contributed by atoms with Gasteiger partial charge in [-0.1, -0.05) is 13.8 Å². The Balaban J connectivity index is 2.57. The number of nitrogens with two attached hydrogens (primary N) is 1. The number of halogens is 1. The van der Waals surface area contributed by atoms with Crippen molar-refractivity contribution in [1.29, 1.82) is 0 Å². The molecule has 3 N–H and O–H groups in total. The molecule has 0 fully saturated rings. The number of hydrogen-bond donors (Lipinski definition) is 2. The number of anilines is 2. The van der Waals surface area contributed by atoms with Crippen molar-refractivity contribution < 1.29 is 9.18 Å². The van der Waals surface area contributed by atoms with Crippen molar-refractivity contribution in [2.45, 2.75) is 32.7 Å². The Morgan fingerprint density at radius 3 is 2.58 bits per heavy atom. The molecule has 4 nitrogen and oxygen atoms in total. The quantitative estimate of drug-likeness (QED) is 0.778. The topological polar surface area (TPSA) is 58.4 Å². The number of nitrogens with zero attached hydrogens (tertiary/aromatic N) is 1. The normalized spacial score (nSPS) is 11.1. The summed E-state index contributed by atoms with van der Waals surface area (Å²) in [5, 5.41) is 2.72. The smallest absolute Gasteiger partial charge is 0.238 e. The lowest BCUT2D eigenvalue weighted by Crippen LogP contribution is -2.37. The second-order valence-electron chi connectivity index (χ2n) is 4.67. The van der Waals surface area contributed by atoms with Crippen molar-refractivity contribution in [3.05, 3.63) is 24.0 Å². The van der Waals surface area contributed by atoms with Crippen molar-refractivity contribution in [2.24, 2.45) is 0 Å². The molecule has 0 spiro atoms. The van der Waals surface area contributed by atoms with Gasteiger partial charge in [-0.15, -0.1) is 0 Å². The average Bonchev–Trinajstić information content (AvgIpc) is 2.35. The second kappa shape index (κ2) is 7.09. The van der Waals surface area contributed by atoms with Crippen LogP contribution in [0.5, 0.6) is 0 Å². The van der Waals surface area contributed by atoms with Gasteiger partial charge in [-0.25, -0.2) is 4.39 Å². The first-order chi connectivity index (χ1) is 8.97. The summed E-state index contributed by atoms with van der Waals surface area (Å²) in [4.78, 5) is 13.9. The van der Waals surface area contributed by atoms with Crippen LogP contribution in [0, 0.1) is 5.82 Å². The summed E-state index contributed by atoms with van der Waals surface area (Å²) in [5.74, 6) is -0.604. The third-order valence-electron chi connectivity index (χ3n) is 3.24. The Bertz CT molecular complexity index is 433. The zero-order valence-corrected chi connectivity index (χ0v) is 11.7. The number of hydrogen-bond acceptors (Lipinski definition) is 3. The first-order valence-corrected chi connectivity index (χ1v) is 6.53. The number of likely N-dealkylation sites (N-methyl/N-ethyl adjacent to an activating group) is 1. The van der Waals surface area contributed by atoms with E-state index in [1.165, 1.54) is 18.2 Å². The van der Waals surface area contributed by atoms with E-state index in [2.05, 4.69) is 19.2 Å². The molecule has 0 aliphatic rings. The molecule has 0 bridgehead atoms. The molecule has 106 valence electrons. The summed E-state index contributed by atoms with van der Waals surface area (Å²) in [6, 6.07) is 4.56. The van der Waals surface area contributed by atoms with Gasteiger partial charge in [0.2, 0.25) is 5.91 Å². The Morgan fingerprint density at radius 2 is 2.05 bits per heavy atom.